The molecule has 5 heteroatoms. The third-order valence-electron chi connectivity index (χ3n) is 2.31. The zero-order chi connectivity index (χ0) is 12.3. The number of nitrogens with one attached hydrogen (secondary N) is 1. The molecule has 0 unspecified atom stereocenters. The van der Waals surface area contributed by atoms with Crippen LogP contribution in [0, 0.1) is 0 Å². The van der Waals surface area contributed by atoms with Crippen molar-refractivity contribution in [1.29, 1.82) is 0 Å². The summed E-state index contributed by atoms with van der Waals surface area (Å²) in [7, 11) is 3.74. The van der Waals surface area contributed by atoms with Gasteiger partial charge in [0, 0.05) is 24.2 Å². The molecule has 1 aromatic heterocycles. The summed E-state index contributed by atoms with van der Waals surface area (Å²) in [5.41, 5.74) is 1.06. The summed E-state index contributed by atoms with van der Waals surface area (Å²) < 4.78 is 7.45. The van der Waals surface area contributed by atoms with Crippen LogP contribution in [0.25, 0.3) is 0 Å². The molecular formula is C12H14ClN3O. The van der Waals surface area contributed by atoms with Crippen molar-refractivity contribution in [3.63, 3.8) is 0 Å². The lowest BCUT2D eigenvalue weighted by molar-refractivity contribution is 0.473. The van der Waals surface area contributed by atoms with E-state index >= 15 is 0 Å². The fourth-order valence-corrected chi connectivity index (χ4v) is 1.70. The van der Waals surface area contributed by atoms with E-state index in [1.807, 2.05) is 32.4 Å². The van der Waals surface area contributed by atoms with Gasteiger partial charge in [-0.15, -0.1) is 0 Å². The highest BCUT2D eigenvalue weighted by Crippen LogP contribution is 2.28. The van der Waals surface area contributed by atoms with E-state index in [9.17, 15) is 0 Å². The van der Waals surface area contributed by atoms with Crippen molar-refractivity contribution in [3.8, 4) is 11.5 Å². The summed E-state index contributed by atoms with van der Waals surface area (Å²) >= 11 is 5.97. The van der Waals surface area contributed by atoms with Crippen LogP contribution in [0.15, 0.2) is 30.6 Å². The maximum Gasteiger partial charge on any atom is 0.165 e. The molecule has 0 fully saturated rings. The summed E-state index contributed by atoms with van der Waals surface area (Å²) in [6.45, 7) is 0.729. The molecule has 0 saturated carbocycles. The Labute approximate surface area is 105 Å². The second-order valence-electron chi connectivity index (χ2n) is 3.73. The van der Waals surface area contributed by atoms with Gasteiger partial charge in [0.2, 0.25) is 0 Å². The average Bonchev–Trinajstić information content (AvgIpc) is 2.68. The van der Waals surface area contributed by atoms with Crippen LogP contribution in [0.2, 0.25) is 5.02 Å². The maximum atomic E-state index is 5.97. The van der Waals surface area contributed by atoms with Gasteiger partial charge in [0.1, 0.15) is 5.75 Å². The van der Waals surface area contributed by atoms with Crippen LogP contribution >= 0.6 is 11.6 Å². The minimum Gasteiger partial charge on any atom is -0.454 e. The van der Waals surface area contributed by atoms with Gasteiger partial charge >= 0.3 is 0 Å². The number of nitrogens with zero attached hydrogens (tertiary/aromatic N) is 2. The van der Waals surface area contributed by atoms with Crippen LogP contribution in [-0.4, -0.2) is 16.8 Å². The standard InChI is InChI=1S/C12H14ClN3O/c1-14-6-9-3-4-10(13)5-12(9)17-11-7-15-16(2)8-11/h3-5,7-8,14H,6H2,1-2H3. The van der Waals surface area contributed by atoms with Crippen molar-refractivity contribution in [2.45, 2.75) is 6.54 Å². The molecule has 0 aliphatic heterocycles. The second-order valence-corrected chi connectivity index (χ2v) is 4.17. The molecule has 1 aromatic carbocycles. The molecule has 0 aliphatic rings. The number of rotatable bonds is 4. The zero-order valence-electron chi connectivity index (χ0n) is 9.77. The second kappa shape index (κ2) is 5.21. The quantitative estimate of drug-likeness (QED) is 0.908. The molecule has 0 atom stereocenters. The van der Waals surface area contributed by atoms with Gasteiger partial charge in [0.15, 0.2) is 5.75 Å². The molecule has 90 valence electrons. The van der Waals surface area contributed by atoms with Crippen LogP contribution in [0.4, 0.5) is 0 Å². The van der Waals surface area contributed by atoms with E-state index < -0.39 is 0 Å². The molecule has 0 spiro atoms. The summed E-state index contributed by atoms with van der Waals surface area (Å²) in [6.07, 6.45) is 3.48. The molecular weight excluding hydrogens is 238 g/mol. The lowest BCUT2D eigenvalue weighted by Gasteiger charge is -2.09. The molecule has 0 saturated heterocycles. The third-order valence-corrected chi connectivity index (χ3v) is 2.54. The molecule has 2 aromatic rings. The molecule has 0 radical (unpaired) electrons. The Balaban J connectivity index is 2.26. The van der Waals surface area contributed by atoms with E-state index in [0.717, 1.165) is 17.9 Å². The Bertz CT molecular complexity index is 510. The highest BCUT2D eigenvalue weighted by molar-refractivity contribution is 6.30. The number of hydrogen-bond acceptors (Lipinski definition) is 3. The fourth-order valence-electron chi connectivity index (χ4n) is 1.54. The smallest absolute Gasteiger partial charge is 0.165 e. The molecule has 1 N–H and O–H groups in total. The number of hydrogen-bond donors (Lipinski definition) is 1. The SMILES string of the molecule is CNCc1ccc(Cl)cc1Oc1cnn(C)c1. The lowest BCUT2D eigenvalue weighted by Crippen LogP contribution is -2.06. The summed E-state index contributed by atoms with van der Waals surface area (Å²) in [5.74, 6) is 1.45. The Morgan fingerprint density at radius 2 is 2.29 bits per heavy atom. The van der Waals surface area contributed by atoms with Crippen molar-refractivity contribution >= 4 is 11.6 Å². The average molecular weight is 252 g/mol. The highest BCUT2D eigenvalue weighted by atomic mass is 35.5. The van der Waals surface area contributed by atoms with Crippen molar-refractivity contribution in [2.75, 3.05) is 7.05 Å². The molecule has 1 heterocycles. The number of aromatic nitrogens is 2. The van der Waals surface area contributed by atoms with Gasteiger partial charge in [-0.25, -0.2) is 0 Å². The molecule has 17 heavy (non-hydrogen) atoms. The van der Waals surface area contributed by atoms with E-state index in [1.165, 1.54) is 0 Å². The maximum absolute atomic E-state index is 5.97. The topological polar surface area (TPSA) is 39.1 Å². The predicted octanol–water partition coefficient (Wildman–Crippen LogP) is 2.59. The highest BCUT2D eigenvalue weighted by Gasteiger charge is 2.06. The first kappa shape index (κ1) is 12.0. The fraction of sp³-hybridized carbons (Fsp3) is 0.250. The minimum absolute atomic E-state index is 0.656. The predicted molar refractivity (Wildman–Crippen MR) is 67.5 cm³/mol. The van der Waals surface area contributed by atoms with Gasteiger partial charge in [-0.05, 0) is 19.2 Å². The largest absolute Gasteiger partial charge is 0.454 e. The van der Waals surface area contributed by atoms with Gasteiger partial charge in [-0.1, -0.05) is 17.7 Å². The van der Waals surface area contributed by atoms with Crippen molar-refractivity contribution in [2.24, 2.45) is 7.05 Å². The van der Waals surface area contributed by atoms with Crippen LogP contribution in [0.1, 0.15) is 5.56 Å². The summed E-state index contributed by atoms with van der Waals surface area (Å²) in [4.78, 5) is 0. The molecule has 0 bridgehead atoms. The van der Waals surface area contributed by atoms with Crippen molar-refractivity contribution in [1.82, 2.24) is 15.1 Å². The number of aryl methyl sites for hydroxylation is 1. The van der Waals surface area contributed by atoms with Crippen LogP contribution < -0.4 is 10.1 Å². The molecule has 4 nitrogen and oxygen atoms in total. The van der Waals surface area contributed by atoms with Crippen molar-refractivity contribution in [3.05, 3.63) is 41.2 Å². The van der Waals surface area contributed by atoms with E-state index in [0.29, 0.717) is 10.8 Å². The third kappa shape index (κ3) is 2.99. The van der Waals surface area contributed by atoms with Gasteiger partial charge in [0.05, 0.1) is 12.4 Å². The van der Waals surface area contributed by atoms with Gasteiger partial charge < -0.3 is 10.1 Å². The molecule has 0 amide bonds. The summed E-state index contributed by atoms with van der Waals surface area (Å²) in [6, 6.07) is 5.61. The zero-order valence-corrected chi connectivity index (χ0v) is 10.5. The van der Waals surface area contributed by atoms with Crippen molar-refractivity contribution < 1.29 is 4.74 Å². The van der Waals surface area contributed by atoms with Crippen LogP contribution in [0.5, 0.6) is 11.5 Å². The van der Waals surface area contributed by atoms with E-state index in [4.69, 9.17) is 16.3 Å². The molecule has 0 aliphatic carbocycles. The normalized spacial score (nSPS) is 10.5. The summed E-state index contributed by atoms with van der Waals surface area (Å²) in [5, 5.41) is 7.80. The Hall–Kier alpha value is -1.52. The van der Waals surface area contributed by atoms with E-state index in [2.05, 4.69) is 10.4 Å². The van der Waals surface area contributed by atoms with Gasteiger partial charge in [-0.2, -0.15) is 5.10 Å². The molecule has 2 rings (SSSR count). The Morgan fingerprint density at radius 1 is 1.47 bits per heavy atom. The Kier molecular flexibility index (Phi) is 3.66. The van der Waals surface area contributed by atoms with E-state index in [1.54, 1.807) is 16.9 Å². The Morgan fingerprint density at radius 3 is 2.94 bits per heavy atom. The monoisotopic (exact) mass is 251 g/mol. The first-order valence-electron chi connectivity index (χ1n) is 5.28. The lowest BCUT2D eigenvalue weighted by atomic mass is 10.2. The number of halogens is 1. The van der Waals surface area contributed by atoms with Crippen LogP contribution in [0.3, 0.4) is 0 Å². The number of benzene rings is 1. The van der Waals surface area contributed by atoms with Crippen LogP contribution in [-0.2, 0) is 13.6 Å². The first-order chi connectivity index (χ1) is 8.19. The van der Waals surface area contributed by atoms with Gasteiger partial charge in [0.25, 0.3) is 0 Å². The van der Waals surface area contributed by atoms with E-state index in [-0.39, 0.29) is 0 Å². The number of ether oxygens (including phenoxy) is 1. The first-order valence-corrected chi connectivity index (χ1v) is 5.66. The van der Waals surface area contributed by atoms with Gasteiger partial charge in [-0.3, -0.25) is 4.68 Å². The minimum atomic E-state index is 0.656.